The number of amides is 1. The van der Waals surface area contributed by atoms with E-state index in [4.69, 9.17) is 16.3 Å². The van der Waals surface area contributed by atoms with E-state index < -0.39 is 16.6 Å². The molecule has 0 spiro atoms. The van der Waals surface area contributed by atoms with E-state index in [2.05, 4.69) is 0 Å². The second-order valence-electron chi connectivity index (χ2n) is 6.81. The maximum Gasteiger partial charge on any atom is 0.409 e. The fourth-order valence-corrected chi connectivity index (χ4v) is 3.37. The van der Waals surface area contributed by atoms with Gasteiger partial charge in [0, 0.05) is 36.7 Å². The predicted molar refractivity (Wildman–Crippen MR) is 104 cm³/mol. The van der Waals surface area contributed by atoms with Crippen LogP contribution in [0.5, 0.6) is 0 Å². The van der Waals surface area contributed by atoms with E-state index in [1.807, 2.05) is 0 Å². The first-order valence-electron chi connectivity index (χ1n) is 9.01. The molecular weight excluding hydrogens is 384 g/mol. The Hall–Kier alpha value is -2.64. The van der Waals surface area contributed by atoms with E-state index in [0.717, 1.165) is 11.1 Å². The van der Waals surface area contributed by atoms with E-state index in [1.165, 1.54) is 12.1 Å². The lowest BCUT2D eigenvalue weighted by Gasteiger charge is -2.38. The van der Waals surface area contributed by atoms with Crippen LogP contribution in [0.4, 0.5) is 10.5 Å². The number of likely N-dealkylation sites (tertiary alicyclic amines) is 1. The Morgan fingerprint density at radius 3 is 2.32 bits per heavy atom. The molecule has 7 nitrogen and oxygen atoms in total. The number of hydrogen-bond acceptors (Lipinski definition) is 5. The molecule has 0 radical (unpaired) electrons. The van der Waals surface area contributed by atoms with Crippen LogP contribution < -0.4 is 0 Å². The molecule has 0 aliphatic carbocycles. The van der Waals surface area contributed by atoms with Crippen molar-refractivity contribution < 1.29 is 19.6 Å². The van der Waals surface area contributed by atoms with Gasteiger partial charge in [-0.2, -0.15) is 0 Å². The van der Waals surface area contributed by atoms with Crippen molar-refractivity contribution in [1.82, 2.24) is 4.90 Å². The Balaban J connectivity index is 1.46. The summed E-state index contributed by atoms with van der Waals surface area (Å²) in [4.78, 5) is 24.0. The summed E-state index contributed by atoms with van der Waals surface area (Å²) in [5.74, 6) is 0. The zero-order valence-corrected chi connectivity index (χ0v) is 16.0. The standard InChI is InChI=1S/C20H21ClN2O5/c21-17-5-3-16(4-6-17)20(25)10-12-22(13-11-20)19(24)28-14-9-15-1-7-18(8-2-15)23(26)27/h1-8,25H,9-14H2. The Morgan fingerprint density at radius 2 is 1.75 bits per heavy atom. The van der Waals surface area contributed by atoms with Gasteiger partial charge in [-0.3, -0.25) is 10.1 Å². The van der Waals surface area contributed by atoms with Crippen LogP contribution in [0.2, 0.25) is 5.02 Å². The van der Waals surface area contributed by atoms with Gasteiger partial charge >= 0.3 is 6.09 Å². The minimum Gasteiger partial charge on any atom is -0.449 e. The van der Waals surface area contributed by atoms with Crippen LogP contribution in [-0.4, -0.2) is 40.7 Å². The Morgan fingerprint density at radius 1 is 1.14 bits per heavy atom. The topological polar surface area (TPSA) is 92.9 Å². The molecule has 0 saturated carbocycles. The molecule has 2 aromatic carbocycles. The van der Waals surface area contributed by atoms with Crippen LogP contribution in [0.3, 0.4) is 0 Å². The van der Waals surface area contributed by atoms with Crippen LogP contribution in [0, 0.1) is 10.1 Å². The van der Waals surface area contributed by atoms with E-state index in [0.29, 0.717) is 37.4 Å². The zero-order valence-electron chi connectivity index (χ0n) is 15.2. The highest BCUT2D eigenvalue weighted by Crippen LogP contribution is 2.33. The zero-order chi connectivity index (χ0) is 20.1. The van der Waals surface area contributed by atoms with Gasteiger partial charge in [0.1, 0.15) is 0 Å². The number of hydrogen-bond donors (Lipinski definition) is 1. The molecule has 1 heterocycles. The number of nitro groups is 1. The van der Waals surface area contributed by atoms with Crippen LogP contribution >= 0.6 is 11.6 Å². The first kappa shape index (κ1) is 20.1. The molecule has 1 N–H and O–H groups in total. The molecule has 148 valence electrons. The van der Waals surface area contributed by atoms with Gasteiger partial charge in [-0.05, 0) is 36.1 Å². The third kappa shape index (κ3) is 4.79. The number of rotatable bonds is 5. The molecular formula is C20H21ClN2O5. The lowest BCUT2D eigenvalue weighted by molar-refractivity contribution is -0.384. The van der Waals surface area contributed by atoms with Crippen molar-refractivity contribution in [3.8, 4) is 0 Å². The highest BCUT2D eigenvalue weighted by molar-refractivity contribution is 6.30. The second kappa shape index (κ2) is 8.58. The molecule has 1 amide bonds. The summed E-state index contributed by atoms with van der Waals surface area (Å²) in [7, 11) is 0. The SMILES string of the molecule is O=C(OCCc1ccc([N+](=O)[O-])cc1)N1CCC(O)(c2ccc(Cl)cc2)CC1. The van der Waals surface area contributed by atoms with Crippen molar-refractivity contribution in [2.45, 2.75) is 24.9 Å². The minimum atomic E-state index is -0.972. The van der Waals surface area contributed by atoms with E-state index in [9.17, 15) is 20.0 Å². The van der Waals surface area contributed by atoms with E-state index >= 15 is 0 Å². The second-order valence-corrected chi connectivity index (χ2v) is 7.25. The van der Waals surface area contributed by atoms with Crippen molar-refractivity contribution >= 4 is 23.4 Å². The summed E-state index contributed by atoms with van der Waals surface area (Å²) in [5.41, 5.74) is 0.708. The molecule has 0 atom stereocenters. The maximum atomic E-state index is 12.2. The number of piperidine rings is 1. The first-order valence-corrected chi connectivity index (χ1v) is 9.39. The maximum absolute atomic E-state index is 12.2. The summed E-state index contributed by atoms with van der Waals surface area (Å²) in [6.07, 6.45) is 0.907. The number of non-ortho nitro benzene ring substituents is 1. The molecule has 0 bridgehead atoms. The fraction of sp³-hybridized carbons (Fsp3) is 0.350. The Labute approximate surface area is 167 Å². The summed E-state index contributed by atoms with van der Waals surface area (Å²) < 4.78 is 5.31. The van der Waals surface area contributed by atoms with Crippen LogP contribution in [0.25, 0.3) is 0 Å². The number of carbonyl (C=O) groups is 1. The number of carbonyl (C=O) groups excluding carboxylic acids is 1. The Kier molecular flexibility index (Phi) is 6.16. The number of ether oxygens (including phenoxy) is 1. The van der Waals surface area contributed by atoms with Gasteiger partial charge < -0.3 is 14.7 Å². The number of aliphatic hydroxyl groups is 1. The number of benzene rings is 2. The van der Waals surface area contributed by atoms with Gasteiger partial charge in [0.05, 0.1) is 17.1 Å². The third-order valence-corrected chi connectivity index (χ3v) is 5.25. The van der Waals surface area contributed by atoms with Crippen LogP contribution in [0.1, 0.15) is 24.0 Å². The fourth-order valence-electron chi connectivity index (χ4n) is 3.24. The van der Waals surface area contributed by atoms with Gasteiger partial charge in [-0.25, -0.2) is 4.79 Å². The van der Waals surface area contributed by atoms with Gasteiger partial charge in [0.2, 0.25) is 0 Å². The summed E-state index contributed by atoms with van der Waals surface area (Å²) in [5, 5.41) is 22.1. The highest BCUT2D eigenvalue weighted by atomic mass is 35.5. The molecule has 1 aliphatic heterocycles. The van der Waals surface area contributed by atoms with Crippen molar-refractivity contribution in [1.29, 1.82) is 0 Å². The predicted octanol–water partition coefficient (Wildman–Crippen LogP) is 3.91. The average molecular weight is 405 g/mol. The lowest BCUT2D eigenvalue weighted by Crippen LogP contribution is -2.45. The summed E-state index contributed by atoms with van der Waals surface area (Å²) in [6, 6.07) is 13.3. The average Bonchev–Trinajstić information content (AvgIpc) is 2.69. The lowest BCUT2D eigenvalue weighted by atomic mass is 9.84. The number of nitro benzene ring substituents is 1. The van der Waals surface area contributed by atoms with Gasteiger partial charge in [-0.15, -0.1) is 0 Å². The van der Waals surface area contributed by atoms with Crippen LogP contribution in [0.15, 0.2) is 48.5 Å². The number of nitrogens with zero attached hydrogens (tertiary/aromatic N) is 2. The molecule has 1 fully saturated rings. The first-order chi connectivity index (χ1) is 13.4. The van der Waals surface area contributed by atoms with Gasteiger partial charge in [-0.1, -0.05) is 35.9 Å². The molecule has 2 aromatic rings. The van der Waals surface area contributed by atoms with Crippen molar-refractivity contribution in [3.05, 3.63) is 74.8 Å². The van der Waals surface area contributed by atoms with Crippen molar-refractivity contribution in [3.63, 3.8) is 0 Å². The smallest absolute Gasteiger partial charge is 0.409 e. The summed E-state index contributed by atoms with van der Waals surface area (Å²) >= 11 is 5.89. The number of halogens is 1. The third-order valence-electron chi connectivity index (χ3n) is 4.99. The highest BCUT2D eigenvalue weighted by Gasteiger charge is 2.35. The molecule has 0 unspecified atom stereocenters. The largest absolute Gasteiger partial charge is 0.449 e. The van der Waals surface area contributed by atoms with E-state index in [1.54, 1.807) is 41.3 Å². The van der Waals surface area contributed by atoms with Crippen LogP contribution in [-0.2, 0) is 16.8 Å². The minimum absolute atomic E-state index is 0.0298. The van der Waals surface area contributed by atoms with Crippen molar-refractivity contribution in [2.75, 3.05) is 19.7 Å². The van der Waals surface area contributed by atoms with E-state index in [-0.39, 0.29) is 12.3 Å². The molecule has 0 aromatic heterocycles. The quantitative estimate of drug-likeness (QED) is 0.602. The molecule has 1 saturated heterocycles. The molecule has 8 heteroatoms. The Bertz CT molecular complexity index is 831. The van der Waals surface area contributed by atoms with Gasteiger partial charge in [0.15, 0.2) is 0 Å². The monoisotopic (exact) mass is 404 g/mol. The molecule has 1 aliphatic rings. The van der Waals surface area contributed by atoms with Gasteiger partial charge in [0.25, 0.3) is 5.69 Å². The summed E-state index contributed by atoms with van der Waals surface area (Å²) in [6.45, 7) is 0.986. The molecule has 3 rings (SSSR count). The molecule has 28 heavy (non-hydrogen) atoms. The van der Waals surface area contributed by atoms with Crippen molar-refractivity contribution in [2.24, 2.45) is 0 Å². The normalized spacial score (nSPS) is 15.9.